The van der Waals surface area contributed by atoms with Crippen molar-refractivity contribution >= 4 is 44.1 Å². The van der Waals surface area contributed by atoms with Gasteiger partial charge in [0.25, 0.3) is 5.91 Å². The van der Waals surface area contributed by atoms with Gasteiger partial charge in [0.1, 0.15) is 5.69 Å². The van der Waals surface area contributed by atoms with E-state index < -0.39 is 0 Å². The number of carbonyl (C=O) groups excluding carboxylic acids is 1. The Morgan fingerprint density at radius 2 is 2.05 bits per heavy atom. The van der Waals surface area contributed by atoms with Crippen LogP contribution in [-0.4, -0.2) is 10.9 Å². The Balaban J connectivity index is 1.92. The van der Waals surface area contributed by atoms with Crippen LogP contribution in [0, 0.1) is 6.92 Å². The summed E-state index contributed by atoms with van der Waals surface area (Å²) >= 11 is 3.41. The molecule has 3 aromatic rings. The van der Waals surface area contributed by atoms with Crippen LogP contribution < -0.4 is 11.1 Å². The third-order valence-corrected chi connectivity index (χ3v) is 3.86. The summed E-state index contributed by atoms with van der Waals surface area (Å²) in [6.45, 7) is 1.95. The van der Waals surface area contributed by atoms with Crippen LogP contribution in [0.4, 0.5) is 11.4 Å². The smallest absolute Gasteiger partial charge is 0.272 e. The number of halogens is 1. The van der Waals surface area contributed by atoms with Gasteiger partial charge in [-0.1, -0.05) is 28.1 Å². The van der Waals surface area contributed by atoms with Crippen molar-refractivity contribution in [3.8, 4) is 0 Å². The number of nitrogen functional groups attached to an aromatic ring is 1. The summed E-state index contributed by atoms with van der Waals surface area (Å²) in [5.41, 5.74) is 9.58. The minimum absolute atomic E-state index is 0.184. The van der Waals surface area contributed by atoms with Crippen molar-refractivity contribution in [2.75, 3.05) is 11.1 Å². The van der Waals surface area contributed by atoms with Crippen molar-refractivity contribution < 1.29 is 4.79 Å². The van der Waals surface area contributed by atoms with E-state index in [1.807, 2.05) is 37.3 Å². The standard InChI is InChI=1S/C16H14BrN3O/c1-9-7-11(17)5-6-13(9)20-16(21)14-8-10-3-2-4-12(18)15(10)19-14/h2-8,19H,18H2,1H3,(H,20,21). The molecule has 5 heteroatoms. The number of fused-ring (bicyclic) bond motifs is 1. The molecule has 0 atom stereocenters. The number of benzene rings is 2. The Hall–Kier alpha value is -2.27. The Morgan fingerprint density at radius 1 is 1.24 bits per heavy atom. The van der Waals surface area contributed by atoms with E-state index in [1.165, 1.54) is 0 Å². The minimum atomic E-state index is -0.184. The second-order valence-corrected chi connectivity index (χ2v) is 5.82. The molecule has 0 bridgehead atoms. The van der Waals surface area contributed by atoms with E-state index in [2.05, 4.69) is 26.2 Å². The Kier molecular flexibility index (Phi) is 3.43. The fraction of sp³-hybridized carbons (Fsp3) is 0.0625. The molecule has 4 nitrogen and oxygen atoms in total. The lowest BCUT2D eigenvalue weighted by Crippen LogP contribution is -2.13. The van der Waals surface area contributed by atoms with Gasteiger partial charge in [0, 0.05) is 15.5 Å². The van der Waals surface area contributed by atoms with Gasteiger partial charge in [-0.3, -0.25) is 4.79 Å². The van der Waals surface area contributed by atoms with Crippen molar-refractivity contribution in [1.29, 1.82) is 0 Å². The van der Waals surface area contributed by atoms with Crippen LogP contribution in [0.2, 0.25) is 0 Å². The normalized spacial score (nSPS) is 10.8. The molecule has 0 unspecified atom stereocenters. The van der Waals surface area contributed by atoms with Gasteiger partial charge < -0.3 is 16.0 Å². The monoisotopic (exact) mass is 343 g/mol. The summed E-state index contributed by atoms with van der Waals surface area (Å²) in [7, 11) is 0. The predicted molar refractivity (Wildman–Crippen MR) is 89.5 cm³/mol. The van der Waals surface area contributed by atoms with Gasteiger partial charge in [-0.15, -0.1) is 0 Å². The Labute approximate surface area is 130 Å². The van der Waals surface area contributed by atoms with Gasteiger partial charge in [0.2, 0.25) is 0 Å². The molecule has 1 heterocycles. The fourth-order valence-electron chi connectivity index (χ4n) is 2.26. The molecule has 0 fully saturated rings. The van der Waals surface area contributed by atoms with E-state index in [0.717, 1.165) is 26.6 Å². The molecule has 2 aromatic carbocycles. The molecule has 0 aliphatic rings. The van der Waals surface area contributed by atoms with Gasteiger partial charge in [-0.05, 0) is 42.8 Å². The fourth-order valence-corrected chi connectivity index (χ4v) is 2.73. The predicted octanol–water partition coefficient (Wildman–Crippen LogP) is 4.07. The van der Waals surface area contributed by atoms with Gasteiger partial charge >= 0.3 is 0 Å². The van der Waals surface area contributed by atoms with E-state index in [9.17, 15) is 4.79 Å². The van der Waals surface area contributed by atoms with E-state index in [-0.39, 0.29) is 5.91 Å². The molecular weight excluding hydrogens is 330 g/mol. The molecule has 1 aromatic heterocycles. The molecule has 3 rings (SSSR count). The van der Waals surface area contributed by atoms with E-state index in [0.29, 0.717) is 11.4 Å². The number of nitrogens with two attached hydrogens (primary N) is 1. The summed E-state index contributed by atoms with van der Waals surface area (Å²) in [6.07, 6.45) is 0. The van der Waals surface area contributed by atoms with Crippen LogP contribution in [0.1, 0.15) is 16.1 Å². The maximum absolute atomic E-state index is 12.3. The van der Waals surface area contributed by atoms with Crippen LogP contribution in [0.3, 0.4) is 0 Å². The van der Waals surface area contributed by atoms with Crippen molar-refractivity contribution in [3.63, 3.8) is 0 Å². The molecule has 0 saturated carbocycles. The molecular formula is C16H14BrN3O. The van der Waals surface area contributed by atoms with Gasteiger partial charge in [-0.25, -0.2) is 0 Å². The number of H-pyrrole nitrogens is 1. The third-order valence-electron chi connectivity index (χ3n) is 3.37. The highest BCUT2D eigenvalue weighted by Gasteiger charge is 2.12. The van der Waals surface area contributed by atoms with Crippen molar-refractivity contribution in [2.45, 2.75) is 6.92 Å². The van der Waals surface area contributed by atoms with Crippen molar-refractivity contribution in [2.24, 2.45) is 0 Å². The average molecular weight is 344 g/mol. The van der Waals surface area contributed by atoms with Crippen LogP contribution in [0.25, 0.3) is 10.9 Å². The molecule has 0 spiro atoms. The summed E-state index contributed by atoms with van der Waals surface area (Å²) in [5.74, 6) is -0.184. The molecule has 21 heavy (non-hydrogen) atoms. The van der Waals surface area contributed by atoms with Gasteiger partial charge in [-0.2, -0.15) is 0 Å². The molecule has 1 amide bonds. The van der Waals surface area contributed by atoms with Gasteiger partial charge in [0.05, 0.1) is 11.2 Å². The average Bonchev–Trinajstić information content (AvgIpc) is 2.87. The largest absolute Gasteiger partial charge is 0.397 e. The maximum Gasteiger partial charge on any atom is 0.272 e. The van der Waals surface area contributed by atoms with Gasteiger partial charge in [0.15, 0.2) is 0 Å². The van der Waals surface area contributed by atoms with Crippen molar-refractivity contribution in [3.05, 3.63) is 58.2 Å². The topological polar surface area (TPSA) is 70.9 Å². The molecule has 0 aliphatic carbocycles. The SMILES string of the molecule is Cc1cc(Br)ccc1NC(=O)c1cc2cccc(N)c2[nH]1. The van der Waals surface area contributed by atoms with E-state index in [1.54, 1.807) is 12.1 Å². The number of hydrogen-bond donors (Lipinski definition) is 3. The van der Waals surface area contributed by atoms with Crippen molar-refractivity contribution in [1.82, 2.24) is 4.98 Å². The first-order chi connectivity index (χ1) is 10.0. The number of aryl methyl sites for hydroxylation is 1. The number of nitrogens with one attached hydrogen (secondary N) is 2. The molecule has 0 aliphatic heterocycles. The summed E-state index contributed by atoms with van der Waals surface area (Å²) in [5, 5.41) is 3.83. The minimum Gasteiger partial charge on any atom is -0.397 e. The van der Waals surface area contributed by atoms with Crippen LogP contribution in [0.15, 0.2) is 46.9 Å². The summed E-state index contributed by atoms with van der Waals surface area (Å²) in [4.78, 5) is 15.4. The first-order valence-corrected chi connectivity index (χ1v) is 7.28. The lowest BCUT2D eigenvalue weighted by atomic mass is 10.2. The molecule has 106 valence electrons. The Morgan fingerprint density at radius 3 is 2.76 bits per heavy atom. The molecule has 0 radical (unpaired) electrons. The zero-order valence-corrected chi connectivity index (χ0v) is 13.0. The number of aromatic nitrogens is 1. The zero-order valence-electron chi connectivity index (χ0n) is 11.4. The number of hydrogen-bond acceptors (Lipinski definition) is 2. The summed E-state index contributed by atoms with van der Waals surface area (Å²) < 4.78 is 0.983. The second kappa shape index (κ2) is 5.26. The first-order valence-electron chi connectivity index (χ1n) is 6.49. The number of amides is 1. The second-order valence-electron chi connectivity index (χ2n) is 4.91. The highest BCUT2D eigenvalue weighted by atomic mass is 79.9. The van der Waals surface area contributed by atoms with Crippen LogP contribution >= 0.6 is 15.9 Å². The highest BCUT2D eigenvalue weighted by molar-refractivity contribution is 9.10. The van der Waals surface area contributed by atoms with E-state index in [4.69, 9.17) is 5.73 Å². The number of rotatable bonds is 2. The number of para-hydroxylation sites is 1. The third kappa shape index (κ3) is 2.64. The number of anilines is 2. The quantitative estimate of drug-likeness (QED) is 0.613. The zero-order chi connectivity index (χ0) is 15.0. The van der Waals surface area contributed by atoms with E-state index >= 15 is 0 Å². The lowest BCUT2D eigenvalue weighted by molar-refractivity contribution is 0.102. The lowest BCUT2D eigenvalue weighted by Gasteiger charge is -2.07. The first kappa shape index (κ1) is 13.7. The van der Waals surface area contributed by atoms with Crippen LogP contribution in [-0.2, 0) is 0 Å². The number of carbonyl (C=O) groups is 1. The molecule has 4 N–H and O–H groups in total. The van der Waals surface area contributed by atoms with Crippen LogP contribution in [0.5, 0.6) is 0 Å². The maximum atomic E-state index is 12.3. The highest BCUT2D eigenvalue weighted by Crippen LogP contribution is 2.23. The Bertz CT molecular complexity index is 839. The number of aromatic amines is 1. The summed E-state index contributed by atoms with van der Waals surface area (Å²) in [6, 6.07) is 13.1. The molecule has 0 saturated heterocycles.